The van der Waals surface area contributed by atoms with E-state index in [1.54, 1.807) is 0 Å². The molecule has 0 spiro atoms. The van der Waals surface area contributed by atoms with E-state index in [0.29, 0.717) is 12.5 Å². The van der Waals surface area contributed by atoms with Gasteiger partial charge in [-0.25, -0.2) is 0 Å². The molecule has 0 bridgehead atoms. The van der Waals surface area contributed by atoms with E-state index in [-0.39, 0.29) is 6.04 Å². The number of rotatable bonds is 4. The number of aliphatic hydroxyl groups is 1. The average Bonchev–Trinajstić information content (AvgIpc) is 2.78. The third-order valence-corrected chi connectivity index (χ3v) is 3.59. The van der Waals surface area contributed by atoms with Gasteiger partial charge in [0, 0.05) is 31.4 Å². The third kappa shape index (κ3) is 2.79. The van der Waals surface area contributed by atoms with Gasteiger partial charge < -0.3 is 15.7 Å². The minimum Gasteiger partial charge on any atom is -0.396 e. The number of nitrogens with zero attached hydrogens (tertiary/aromatic N) is 1. The number of para-hydroxylation sites is 1. The van der Waals surface area contributed by atoms with E-state index in [4.69, 9.17) is 10.8 Å². The zero-order valence-corrected chi connectivity index (χ0v) is 10.5. The Morgan fingerprint density at radius 2 is 2.24 bits per heavy atom. The number of aliphatic hydroxyl groups excluding tert-OH is 1. The predicted molar refractivity (Wildman–Crippen MR) is 71.1 cm³/mol. The van der Waals surface area contributed by atoms with E-state index in [1.807, 2.05) is 13.0 Å². The van der Waals surface area contributed by atoms with Crippen LogP contribution in [0.1, 0.15) is 31.4 Å². The second kappa shape index (κ2) is 5.52. The number of anilines is 1. The van der Waals surface area contributed by atoms with Gasteiger partial charge in [0.25, 0.3) is 0 Å². The summed E-state index contributed by atoms with van der Waals surface area (Å²) in [5.74, 6) is 0.626. The molecule has 0 aromatic heterocycles. The summed E-state index contributed by atoms with van der Waals surface area (Å²) in [5, 5.41) is 8.99. The van der Waals surface area contributed by atoms with Crippen molar-refractivity contribution >= 4 is 5.69 Å². The van der Waals surface area contributed by atoms with Crippen LogP contribution in [0.15, 0.2) is 24.3 Å². The van der Waals surface area contributed by atoms with Gasteiger partial charge in [0.05, 0.1) is 0 Å². The molecule has 2 rings (SSSR count). The van der Waals surface area contributed by atoms with E-state index in [9.17, 15) is 0 Å². The first kappa shape index (κ1) is 12.4. The first-order valence-electron chi connectivity index (χ1n) is 6.42. The second-order valence-electron chi connectivity index (χ2n) is 4.96. The van der Waals surface area contributed by atoms with Gasteiger partial charge in [-0.15, -0.1) is 0 Å². The molecule has 1 aromatic carbocycles. The molecule has 1 aliphatic heterocycles. The molecular formula is C14H22N2O. The summed E-state index contributed by atoms with van der Waals surface area (Å²) >= 11 is 0. The van der Waals surface area contributed by atoms with Crippen LogP contribution >= 0.6 is 0 Å². The Hall–Kier alpha value is -1.06. The molecule has 0 radical (unpaired) electrons. The molecule has 17 heavy (non-hydrogen) atoms. The van der Waals surface area contributed by atoms with Gasteiger partial charge in [0.2, 0.25) is 0 Å². The lowest BCUT2D eigenvalue weighted by atomic mass is 10.1. The molecule has 0 aliphatic carbocycles. The summed E-state index contributed by atoms with van der Waals surface area (Å²) in [6.07, 6.45) is 2.09. The van der Waals surface area contributed by atoms with Gasteiger partial charge in [-0.3, -0.25) is 0 Å². The van der Waals surface area contributed by atoms with E-state index in [1.165, 1.54) is 17.7 Å². The molecule has 2 atom stereocenters. The summed E-state index contributed by atoms with van der Waals surface area (Å²) in [7, 11) is 0. The van der Waals surface area contributed by atoms with Gasteiger partial charge in [-0.05, 0) is 37.3 Å². The molecule has 3 N–H and O–H groups in total. The standard InChI is InChI=1S/C14H22N2O/c1-11(15)13-4-2-3-5-14(13)16-8-6-12(10-16)7-9-17/h2-5,11-12,17H,6-10,15H2,1H3/t11-,12?/m1/s1. The predicted octanol–water partition coefficient (Wildman–Crippen LogP) is 1.92. The monoisotopic (exact) mass is 234 g/mol. The number of nitrogens with two attached hydrogens (primary N) is 1. The SMILES string of the molecule is C[C@@H](N)c1ccccc1N1CCC(CCO)C1. The quantitative estimate of drug-likeness (QED) is 0.836. The Balaban J connectivity index is 2.13. The maximum atomic E-state index is 8.99. The molecule has 1 fully saturated rings. The van der Waals surface area contributed by atoms with Crippen LogP contribution in [-0.2, 0) is 0 Å². The number of hydrogen-bond acceptors (Lipinski definition) is 3. The third-order valence-electron chi connectivity index (χ3n) is 3.59. The highest BCUT2D eigenvalue weighted by Gasteiger charge is 2.24. The zero-order chi connectivity index (χ0) is 12.3. The lowest BCUT2D eigenvalue weighted by molar-refractivity contribution is 0.263. The highest BCUT2D eigenvalue weighted by molar-refractivity contribution is 5.55. The largest absolute Gasteiger partial charge is 0.396 e. The normalized spacial score (nSPS) is 21.8. The lowest BCUT2D eigenvalue weighted by Gasteiger charge is -2.23. The Bertz CT molecular complexity index is 365. The average molecular weight is 234 g/mol. The zero-order valence-electron chi connectivity index (χ0n) is 10.5. The van der Waals surface area contributed by atoms with Crippen molar-refractivity contribution in [3.63, 3.8) is 0 Å². The topological polar surface area (TPSA) is 49.5 Å². The summed E-state index contributed by atoms with van der Waals surface area (Å²) in [6, 6.07) is 8.45. The molecular weight excluding hydrogens is 212 g/mol. The molecule has 1 aromatic rings. The molecule has 0 amide bonds. The van der Waals surface area contributed by atoms with Crippen LogP contribution in [0.5, 0.6) is 0 Å². The van der Waals surface area contributed by atoms with E-state index >= 15 is 0 Å². The van der Waals surface area contributed by atoms with Gasteiger partial charge in [0.15, 0.2) is 0 Å². The van der Waals surface area contributed by atoms with Crippen molar-refractivity contribution in [1.29, 1.82) is 0 Å². The van der Waals surface area contributed by atoms with E-state index < -0.39 is 0 Å². The first-order chi connectivity index (χ1) is 8.22. The smallest absolute Gasteiger partial charge is 0.0434 e. The van der Waals surface area contributed by atoms with Crippen molar-refractivity contribution in [2.45, 2.75) is 25.8 Å². The Labute approximate surface area is 103 Å². The Morgan fingerprint density at radius 3 is 2.94 bits per heavy atom. The van der Waals surface area contributed by atoms with Crippen molar-refractivity contribution in [1.82, 2.24) is 0 Å². The van der Waals surface area contributed by atoms with Crippen LogP contribution in [-0.4, -0.2) is 24.8 Å². The molecule has 0 saturated carbocycles. The summed E-state index contributed by atoms with van der Waals surface area (Å²) in [5.41, 5.74) is 8.49. The summed E-state index contributed by atoms with van der Waals surface area (Å²) in [4.78, 5) is 2.40. The van der Waals surface area contributed by atoms with Crippen LogP contribution in [0.3, 0.4) is 0 Å². The van der Waals surface area contributed by atoms with Crippen molar-refractivity contribution in [2.24, 2.45) is 11.7 Å². The van der Waals surface area contributed by atoms with Crippen molar-refractivity contribution in [2.75, 3.05) is 24.6 Å². The van der Waals surface area contributed by atoms with Crippen LogP contribution in [0.25, 0.3) is 0 Å². The Morgan fingerprint density at radius 1 is 1.47 bits per heavy atom. The number of benzene rings is 1. The van der Waals surface area contributed by atoms with E-state index in [0.717, 1.165) is 19.5 Å². The summed E-state index contributed by atoms with van der Waals surface area (Å²) < 4.78 is 0. The van der Waals surface area contributed by atoms with E-state index in [2.05, 4.69) is 23.1 Å². The molecule has 94 valence electrons. The molecule has 1 aliphatic rings. The maximum Gasteiger partial charge on any atom is 0.0434 e. The van der Waals surface area contributed by atoms with Crippen LogP contribution in [0, 0.1) is 5.92 Å². The van der Waals surface area contributed by atoms with Gasteiger partial charge in [0.1, 0.15) is 0 Å². The fraction of sp³-hybridized carbons (Fsp3) is 0.571. The van der Waals surface area contributed by atoms with Crippen molar-refractivity contribution < 1.29 is 5.11 Å². The van der Waals surface area contributed by atoms with Crippen LogP contribution in [0.4, 0.5) is 5.69 Å². The van der Waals surface area contributed by atoms with Crippen LogP contribution in [0.2, 0.25) is 0 Å². The molecule has 1 unspecified atom stereocenters. The number of hydrogen-bond donors (Lipinski definition) is 2. The van der Waals surface area contributed by atoms with Crippen molar-refractivity contribution in [3.8, 4) is 0 Å². The fourth-order valence-electron chi connectivity index (χ4n) is 2.63. The van der Waals surface area contributed by atoms with Gasteiger partial charge >= 0.3 is 0 Å². The van der Waals surface area contributed by atoms with Crippen LogP contribution < -0.4 is 10.6 Å². The maximum absolute atomic E-state index is 8.99. The van der Waals surface area contributed by atoms with Gasteiger partial charge in [-0.1, -0.05) is 18.2 Å². The second-order valence-corrected chi connectivity index (χ2v) is 4.96. The highest BCUT2D eigenvalue weighted by atomic mass is 16.3. The minimum absolute atomic E-state index is 0.0723. The summed E-state index contributed by atoms with van der Waals surface area (Å²) in [6.45, 7) is 4.45. The lowest BCUT2D eigenvalue weighted by Crippen LogP contribution is -2.22. The molecule has 1 saturated heterocycles. The first-order valence-corrected chi connectivity index (χ1v) is 6.42. The fourth-order valence-corrected chi connectivity index (χ4v) is 2.63. The Kier molecular flexibility index (Phi) is 4.02. The van der Waals surface area contributed by atoms with Gasteiger partial charge in [-0.2, -0.15) is 0 Å². The molecule has 3 nitrogen and oxygen atoms in total. The highest BCUT2D eigenvalue weighted by Crippen LogP contribution is 2.30. The molecule has 1 heterocycles. The molecule has 3 heteroatoms. The minimum atomic E-state index is 0.0723. The van der Waals surface area contributed by atoms with Crippen molar-refractivity contribution in [3.05, 3.63) is 29.8 Å².